The summed E-state index contributed by atoms with van der Waals surface area (Å²) in [6, 6.07) is 0.420. The molecule has 1 fully saturated rings. The molecule has 2 atom stereocenters. The van der Waals surface area contributed by atoms with Crippen molar-refractivity contribution in [1.82, 2.24) is 10.2 Å². The van der Waals surface area contributed by atoms with Crippen molar-refractivity contribution in [2.75, 3.05) is 26.2 Å². The lowest BCUT2D eigenvalue weighted by Crippen LogP contribution is -2.51. The largest absolute Gasteiger partial charge is 0.368 e. The van der Waals surface area contributed by atoms with Gasteiger partial charge < -0.3 is 15.0 Å². The standard InChI is InChI=1S/C17H36N2O/c1-9-18-15-14(12-19(10-2)11-13(3)4)16(5,6)20-17(15,7)8/h13-15,18H,9-12H2,1-8H3. The Morgan fingerprint density at radius 3 is 2.15 bits per heavy atom. The van der Waals surface area contributed by atoms with E-state index >= 15 is 0 Å². The van der Waals surface area contributed by atoms with Crippen LogP contribution in [0.5, 0.6) is 0 Å². The molecule has 1 N–H and O–H groups in total. The molecular weight excluding hydrogens is 248 g/mol. The van der Waals surface area contributed by atoms with E-state index < -0.39 is 0 Å². The molecule has 1 heterocycles. The van der Waals surface area contributed by atoms with Crippen LogP contribution in [0.4, 0.5) is 0 Å². The number of rotatable bonds is 7. The smallest absolute Gasteiger partial charge is 0.0790 e. The van der Waals surface area contributed by atoms with Gasteiger partial charge in [-0.1, -0.05) is 27.7 Å². The number of hydrogen-bond acceptors (Lipinski definition) is 3. The van der Waals surface area contributed by atoms with Crippen LogP contribution in [-0.4, -0.2) is 48.3 Å². The summed E-state index contributed by atoms with van der Waals surface area (Å²) in [6.45, 7) is 22.4. The second kappa shape index (κ2) is 6.76. The van der Waals surface area contributed by atoms with Crippen molar-refractivity contribution in [3.8, 4) is 0 Å². The van der Waals surface area contributed by atoms with Crippen LogP contribution in [0.25, 0.3) is 0 Å². The minimum absolute atomic E-state index is 0.0687. The van der Waals surface area contributed by atoms with Crippen LogP contribution in [0.15, 0.2) is 0 Å². The molecule has 1 rings (SSSR count). The van der Waals surface area contributed by atoms with Crippen molar-refractivity contribution in [3.63, 3.8) is 0 Å². The SMILES string of the molecule is CCNC1C(CN(CC)CC(C)C)C(C)(C)OC1(C)C. The van der Waals surface area contributed by atoms with Crippen molar-refractivity contribution >= 4 is 0 Å². The number of likely N-dealkylation sites (N-methyl/N-ethyl adjacent to an activating group) is 1. The Morgan fingerprint density at radius 2 is 1.70 bits per heavy atom. The van der Waals surface area contributed by atoms with Gasteiger partial charge in [0.1, 0.15) is 0 Å². The van der Waals surface area contributed by atoms with Gasteiger partial charge in [0.25, 0.3) is 0 Å². The molecule has 0 saturated carbocycles. The van der Waals surface area contributed by atoms with Crippen molar-refractivity contribution in [3.05, 3.63) is 0 Å². The van der Waals surface area contributed by atoms with E-state index in [1.807, 2.05) is 0 Å². The van der Waals surface area contributed by atoms with E-state index in [9.17, 15) is 0 Å². The van der Waals surface area contributed by atoms with E-state index in [0.717, 1.165) is 19.6 Å². The van der Waals surface area contributed by atoms with E-state index in [4.69, 9.17) is 4.74 Å². The molecule has 20 heavy (non-hydrogen) atoms. The van der Waals surface area contributed by atoms with Gasteiger partial charge >= 0.3 is 0 Å². The Kier molecular flexibility index (Phi) is 6.06. The molecule has 0 aromatic carbocycles. The molecule has 1 aliphatic rings. The van der Waals surface area contributed by atoms with Gasteiger partial charge in [-0.3, -0.25) is 0 Å². The molecule has 0 aromatic rings. The molecule has 3 heteroatoms. The maximum absolute atomic E-state index is 6.38. The number of nitrogens with zero attached hydrogens (tertiary/aromatic N) is 1. The number of ether oxygens (including phenoxy) is 1. The zero-order valence-corrected chi connectivity index (χ0v) is 14.9. The molecule has 0 aromatic heterocycles. The average molecular weight is 284 g/mol. The van der Waals surface area contributed by atoms with Gasteiger partial charge in [0.2, 0.25) is 0 Å². The number of nitrogens with one attached hydrogen (secondary N) is 1. The van der Waals surface area contributed by atoms with Crippen LogP contribution >= 0.6 is 0 Å². The Bertz CT molecular complexity index is 299. The first-order valence-corrected chi connectivity index (χ1v) is 8.30. The minimum atomic E-state index is -0.0958. The van der Waals surface area contributed by atoms with Crippen molar-refractivity contribution in [2.45, 2.75) is 72.6 Å². The summed E-state index contributed by atoms with van der Waals surface area (Å²) >= 11 is 0. The maximum Gasteiger partial charge on any atom is 0.0790 e. The van der Waals surface area contributed by atoms with Crippen molar-refractivity contribution in [2.24, 2.45) is 11.8 Å². The highest BCUT2D eigenvalue weighted by molar-refractivity contribution is 5.06. The Labute approximate surface area is 126 Å². The summed E-state index contributed by atoms with van der Waals surface area (Å²) in [6.07, 6.45) is 0. The fraction of sp³-hybridized carbons (Fsp3) is 1.00. The monoisotopic (exact) mass is 284 g/mol. The first kappa shape index (κ1) is 17.9. The van der Waals surface area contributed by atoms with Gasteiger partial charge in [-0.05, 0) is 46.7 Å². The molecular formula is C17H36N2O. The van der Waals surface area contributed by atoms with Gasteiger partial charge in [-0.2, -0.15) is 0 Å². The Morgan fingerprint density at radius 1 is 1.10 bits per heavy atom. The van der Waals surface area contributed by atoms with E-state index in [2.05, 4.69) is 65.6 Å². The summed E-state index contributed by atoms with van der Waals surface area (Å²) in [5.41, 5.74) is -0.165. The zero-order valence-electron chi connectivity index (χ0n) is 14.9. The predicted octanol–water partition coefficient (Wildman–Crippen LogP) is 3.15. The third-order valence-corrected chi connectivity index (χ3v) is 4.52. The molecule has 1 saturated heterocycles. The van der Waals surface area contributed by atoms with Crippen LogP contribution in [0, 0.1) is 11.8 Å². The Hall–Kier alpha value is -0.120. The molecule has 3 nitrogen and oxygen atoms in total. The highest BCUT2D eigenvalue weighted by Gasteiger charge is 2.53. The lowest BCUT2D eigenvalue weighted by atomic mass is 9.82. The fourth-order valence-corrected chi connectivity index (χ4v) is 3.76. The van der Waals surface area contributed by atoms with E-state index in [1.165, 1.54) is 6.54 Å². The summed E-state index contributed by atoms with van der Waals surface area (Å²) in [5, 5.41) is 3.67. The minimum Gasteiger partial charge on any atom is -0.368 e. The first-order chi connectivity index (χ1) is 9.14. The van der Waals surface area contributed by atoms with E-state index in [-0.39, 0.29) is 11.2 Å². The fourth-order valence-electron chi connectivity index (χ4n) is 3.76. The van der Waals surface area contributed by atoms with Crippen LogP contribution < -0.4 is 5.32 Å². The molecule has 0 bridgehead atoms. The average Bonchev–Trinajstić information content (AvgIpc) is 2.45. The molecule has 2 unspecified atom stereocenters. The van der Waals surface area contributed by atoms with Crippen molar-refractivity contribution in [1.29, 1.82) is 0 Å². The van der Waals surface area contributed by atoms with Crippen LogP contribution in [-0.2, 0) is 4.74 Å². The summed E-state index contributed by atoms with van der Waals surface area (Å²) < 4.78 is 6.38. The molecule has 0 spiro atoms. The Balaban J connectivity index is 2.87. The molecule has 120 valence electrons. The lowest BCUT2D eigenvalue weighted by Gasteiger charge is -2.35. The van der Waals surface area contributed by atoms with Crippen LogP contribution in [0.3, 0.4) is 0 Å². The third-order valence-electron chi connectivity index (χ3n) is 4.52. The third kappa shape index (κ3) is 4.19. The summed E-state index contributed by atoms with van der Waals surface area (Å²) in [7, 11) is 0. The molecule has 0 amide bonds. The van der Waals surface area contributed by atoms with Gasteiger partial charge in [-0.15, -0.1) is 0 Å². The van der Waals surface area contributed by atoms with E-state index in [0.29, 0.717) is 17.9 Å². The van der Waals surface area contributed by atoms with Gasteiger partial charge in [-0.25, -0.2) is 0 Å². The zero-order chi connectivity index (χ0) is 15.6. The molecule has 0 radical (unpaired) electrons. The predicted molar refractivity (Wildman–Crippen MR) is 87.1 cm³/mol. The molecule has 0 aliphatic carbocycles. The second-order valence-electron chi connectivity index (χ2n) is 7.70. The highest BCUT2D eigenvalue weighted by atomic mass is 16.5. The highest BCUT2D eigenvalue weighted by Crippen LogP contribution is 2.42. The lowest BCUT2D eigenvalue weighted by molar-refractivity contribution is -0.0796. The first-order valence-electron chi connectivity index (χ1n) is 8.30. The van der Waals surface area contributed by atoms with Crippen LogP contribution in [0.1, 0.15) is 55.4 Å². The summed E-state index contributed by atoms with van der Waals surface area (Å²) in [4.78, 5) is 2.58. The summed E-state index contributed by atoms with van der Waals surface area (Å²) in [5.74, 6) is 1.24. The van der Waals surface area contributed by atoms with Gasteiger partial charge in [0.05, 0.1) is 11.2 Å². The topological polar surface area (TPSA) is 24.5 Å². The van der Waals surface area contributed by atoms with Gasteiger partial charge in [0, 0.05) is 25.0 Å². The second-order valence-corrected chi connectivity index (χ2v) is 7.70. The van der Waals surface area contributed by atoms with Crippen molar-refractivity contribution < 1.29 is 4.74 Å². The quantitative estimate of drug-likeness (QED) is 0.777. The number of hydrogen-bond donors (Lipinski definition) is 1. The van der Waals surface area contributed by atoms with E-state index in [1.54, 1.807) is 0 Å². The van der Waals surface area contributed by atoms with Gasteiger partial charge in [0.15, 0.2) is 0 Å². The molecule has 1 aliphatic heterocycles. The van der Waals surface area contributed by atoms with Crippen LogP contribution in [0.2, 0.25) is 0 Å². The normalized spacial score (nSPS) is 28.5. The maximum atomic E-state index is 6.38.